The number of hydrogen-bond donors (Lipinski definition) is 2. The van der Waals surface area contributed by atoms with Gasteiger partial charge in [0.25, 0.3) is 5.56 Å². The molecule has 3 N–H and O–H groups in total. The second-order valence-corrected chi connectivity index (χ2v) is 5.40. The Morgan fingerprint density at radius 1 is 1.25 bits per heavy atom. The van der Waals surface area contributed by atoms with Crippen molar-refractivity contribution in [1.82, 2.24) is 9.88 Å². The Labute approximate surface area is 139 Å². The average Bonchev–Trinajstić information content (AvgIpc) is 2.54. The van der Waals surface area contributed by atoms with Crippen LogP contribution in [0.25, 0.3) is 11.1 Å². The second kappa shape index (κ2) is 7.32. The van der Waals surface area contributed by atoms with Crippen molar-refractivity contribution in [2.24, 2.45) is 0 Å². The fourth-order valence-electron chi connectivity index (χ4n) is 2.22. The van der Waals surface area contributed by atoms with E-state index in [9.17, 15) is 15.3 Å². The maximum atomic E-state index is 12.0. The monoisotopic (exact) mass is 323 g/mol. The molecular formula is C17H17N5O2. The fourth-order valence-corrected chi connectivity index (χ4v) is 2.22. The van der Waals surface area contributed by atoms with E-state index in [-0.39, 0.29) is 22.5 Å². The van der Waals surface area contributed by atoms with Crippen molar-refractivity contribution in [2.45, 2.75) is 0 Å². The van der Waals surface area contributed by atoms with Gasteiger partial charge in [-0.25, -0.2) is 0 Å². The molecule has 2 rings (SSSR count). The Hall–Kier alpha value is -3.29. The van der Waals surface area contributed by atoms with Crippen LogP contribution in [-0.2, 0) is 0 Å². The number of nitriles is 2. The lowest BCUT2D eigenvalue weighted by Gasteiger charge is -2.13. The summed E-state index contributed by atoms with van der Waals surface area (Å²) >= 11 is 0. The molecule has 0 radical (unpaired) electrons. The summed E-state index contributed by atoms with van der Waals surface area (Å²) < 4.78 is 5.66. The Morgan fingerprint density at radius 3 is 2.58 bits per heavy atom. The summed E-state index contributed by atoms with van der Waals surface area (Å²) in [5.74, 6) is 0.524. The topological polar surface area (TPSA) is 119 Å². The minimum Gasteiger partial charge on any atom is -0.492 e. The number of benzene rings is 1. The standard InChI is InChI=1S/C17H17N5O2/c1-22(2)6-7-24-12-5-3-4-11(8-12)15-13(9-18)16(20)21-17(23)14(15)10-19/h3-5,8H,6-7H2,1-2H3,(H3,20,21,23). The van der Waals surface area contributed by atoms with Crippen LogP contribution in [0.5, 0.6) is 5.75 Å². The van der Waals surface area contributed by atoms with Gasteiger partial charge in [0, 0.05) is 12.1 Å². The highest BCUT2D eigenvalue weighted by atomic mass is 16.5. The third-order valence-corrected chi connectivity index (χ3v) is 3.40. The lowest BCUT2D eigenvalue weighted by molar-refractivity contribution is 0.261. The summed E-state index contributed by atoms with van der Waals surface area (Å²) in [5, 5.41) is 18.6. The van der Waals surface area contributed by atoms with Crippen LogP contribution in [0.1, 0.15) is 11.1 Å². The first-order valence-electron chi connectivity index (χ1n) is 7.21. The predicted octanol–water partition coefficient (Wildman–Crippen LogP) is 1.31. The molecule has 0 unspecified atom stereocenters. The Balaban J connectivity index is 2.51. The lowest BCUT2D eigenvalue weighted by Crippen LogP contribution is -2.19. The highest BCUT2D eigenvalue weighted by Gasteiger charge is 2.18. The van der Waals surface area contributed by atoms with Crippen LogP contribution in [0, 0.1) is 22.7 Å². The molecule has 0 aliphatic rings. The van der Waals surface area contributed by atoms with E-state index >= 15 is 0 Å². The minimum absolute atomic E-state index is 0.0598. The van der Waals surface area contributed by atoms with Gasteiger partial charge in [0.05, 0.1) is 0 Å². The molecule has 0 spiro atoms. The number of pyridine rings is 1. The molecule has 122 valence electrons. The number of nitrogens with zero attached hydrogens (tertiary/aromatic N) is 3. The maximum absolute atomic E-state index is 12.0. The minimum atomic E-state index is -0.622. The number of H-pyrrole nitrogens is 1. The number of nitrogens with one attached hydrogen (secondary N) is 1. The summed E-state index contributed by atoms with van der Waals surface area (Å²) in [6.45, 7) is 1.24. The lowest BCUT2D eigenvalue weighted by atomic mass is 9.96. The van der Waals surface area contributed by atoms with E-state index in [1.807, 2.05) is 31.1 Å². The van der Waals surface area contributed by atoms with Gasteiger partial charge < -0.3 is 20.4 Å². The molecule has 1 heterocycles. The van der Waals surface area contributed by atoms with Crippen molar-refractivity contribution in [3.05, 3.63) is 45.7 Å². The van der Waals surface area contributed by atoms with Gasteiger partial charge in [-0.2, -0.15) is 10.5 Å². The molecule has 0 atom stereocenters. The highest BCUT2D eigenvalue weighted by molar-refractivity contribution is 5.80. The zero-order valence-electron chi connectivity index (χ0n) is 13.5. The number of hydrogen-bond acceptors (Lipinski definition) is 6. The zero-order chi connectivity index (χ0) is 17.7. The number of aromatic amines is 1. The van der Waals surface area contributed by atoms with E-state index < -0.39 is 5.56 Å². The molecule has 2 aromatic rings. The van der Waals surface area contributed by atoms with Crippen LogP contribution in [0.2, 0.25) is 0 Å². The van der Waals surface area contributed by atoms with Gasteiger partial charge >= 0.3 is 0 Å². The first-order valence-corrected chi connectivity index (χ1v) is 7.21. The number of likely N-dealkylation sites (N-methyl/N-ethyl adjacent to an activating group) is 1. The molecule has 0 bridgehead atoms. The normalized spacial score (nSPS) is 10.2. The molecule has 7 heteroatoms. The summed E-state index contributed by atoms with van der Waals surface area (Å²) in [4.78, 5) is 16.3. The summed E-state index contributed by atoms with van der Waals surface area (Å²) in [7, 11) is 3.88. The number of nitrogens with two attached hydrogens (primary N) is 1. The average molecular weight is 323 g/mol. The zero-order valence-corrected chi connectivity index (χ0v) is 13.5. The first-order chi connectivity index (χ1) is 11.5. The number of anilines is 1. The molecule has 1 aromatic heterocycles. The quantitative estimate of drug-likeness (QED) is 0.856. The molecule has 0 aliphatic heterocycles. The van der Waals surface area contributed by atoms with E-state index in [0.29, 0.717) is 17.9 Å². The van der Waals surface area contributed by atoms with Crippen LogP contribution < -0.4 is 16.0 Å². The smallest absolute Gasteiger partial charge is 0.268 e. The first kappa shape index (κ1) is 17.1. The molecule has 1 aromatic carbocycles. The third kappa shape index (κ3) is 3.54. The number of rotatable bonds is 5. The maximum Gasteiger partial charge on any atom is 0.268 e. The van der Waals surface area contributed by atoms with Crippen LogP contribution >= 0.6 is 0 Å². The van der Waals surface area contributed by atoms with E-state index in [1.165, 1.54) is 0 Å². The molecule has 0 aliphatic carbocycles. The molecule has 0 saturated heterocycles. The van der Waals surface area contributed by atoms with Crippen molar-refractivity contribution >= 4 is 5.82 Å². The van der Waals surface area contributed by atoms with E-state index in [4.69, 9.17) is 10.5 Å². The van der Waals surface area contributed by atoms with E-state index in [2.05, 4.69) is 4.98 Å². The van der Waals surface area contributed by atoms with E-state index in [0.717, 1.165) is 6.54 Å². The highest BCUT2D eigenvalue weighted by Crippen LogP contribution is 2.30. The summed E-state index contributed by atoms with van der Waals surface area (Å²) in [5.41, 5.74) is 5.77. The van der Waals surface area contributed by atoms with Crippen LogP contribution in [0.15, 0.2) is 29.1 Å². The molecule has 7 nitrogen and oxygen atoms in total. The molecule has 24 heavy (non-hydrogen) atoms. The molecule has 0 amide bonds. The number of aromatic nitrogens is 1. The molecule has 0 fully saturated rings. The van der Waals surface area contributed by atoms with Crippen molar-refractivity contribution in [3.8, 4) is 29.0 Å². The van der Waals surface area contributed by atoms with Gasteiger partial charge in [-0.05, 0) is 31.8 Å². The van der Waals surface area contributed by atoms with Crippen molar-refractivity contribution in [2.75, 3.05) is 33.0 Å². The Bertz CT molecular complexity index is 887. The number of nitrogen functional groups attached to an aromatic ring is 1. The summed E-state index contributed by atoms with van der Waals surface area (Å²) in [6.07, 6.45) is 0. The largest absolute Gasteiger partial charge is 0.492 e. The van der Waals surface area contributed by atoms with Crippen molar-refractivity contribution in [1.29, 1.82) is 10.5 Å². The van der Waals surface area contributed by atoms with Gasteiger partial charge in [-0.15, -0.1) is 0 Å². The van der Waals surface area contributed by atoms with Crippen LogP contribution in [0.4, 0.5) is 5.82 Å². The van der Waals surface area contributed by atoms with Gasteiger partial charge in [0.1, 0.15) is 41.4 Å². The fraction of sp³-hybridized carbons (Fsp3) is 0.235. The van der Waals surface area contributed by atoms with Gasteiger partial charge in [0.2, 0.25) is 0 Å². The second-order valence-electron chi connectivity index (χ2n) is 5.40. The summed E-state index contributed by atoms with van der Waals surface area (Å²) in [6, 6.07) is 10.7. The van der Waals surface area contributed by atoms with Gasteiger partial charge in [-0.3, -0.25) is 4.79 Å². The van der Waals surface area contributed by atoms with Crippen LogP contribution in [0.3, 0.4) is 0 Å². The SMILES string of the molecule is CN(C)CCOc1cccc(-c2c(C#N)c(N)[nH]c(=O)c2C#N)c1. The van der Waals surface area contributed by atoms with Crippen molar-refractivity contribution < 1.29 is 4.74 Å². The predicted molar refractivity (Wildman–Crippen MR) is 90.4 cm³/mol. The number of ether oxygens (including phenoxy) is 1. The van der Waals surface area contributed by atoms with Gasteiger partial charge in [-0.1, -0.05) is 12.1 Å². The Kier molecular flexibility index (Phi) is 5.20. The molecular weight excluding hydrogens is 306 g/mol. The van der Waals surface area contributed by atoms with Crippen LogP contribution in [-0.4, -0.2) is 37.1 Å². The van der Waals surface area contributed by atoms with Crippen molar-refractivity contribution in [3.63, 3.8) is 0 Å². The Morgan fingerprint density at radius 2 is 1.96 bits per heavy atom. The van der Waals surface area contributed by atoms with Gasteiger partial charge in [0.15, 0.2) is 0 Å². The molecule has 0 saturated carbocycles. The third-order valence-electron chi connectivity index (χ3n) is 3.40. The van der Waals surface area contributed by atoms with E-state index in [1.54, 1.807) is 24.3 Å².